The van der Waals surface area contributed by atoms with Crippen LogP contribution in [0, 0.1) is 6.92 Å². The Hall–Kier alpha value is -4.21. The van der Waals surface area contributed by atoms with Crippen molar-refractivity contribution in [1.29, 1.82) is 0 Å². The van der Waals surface area contributed by atoms with Crippen molar-refractivity contribution in [2.45, 2.75) is 31.8 Å². The molecule has 0 bridgehead atoms. The summed E-state index contributed by atoms with van der Waals surface area (Å²) in [6, 6.07) is 11.3. The van der Waals surface area contributed by atoms with Crippen LogP contribution in [0.3, 0.4) is 0 Å². The van der Waals surface area contributed by atoms with Crippen LogP contribution in [-0.4, -0.2) is 50.7 Å². The predicted molar refractivity (Wildman–Crippen MR) is 127 cm³/mol. The number of methoxy groups -OCH3 is 2. The Kier molecular flexibility index (Phi) is 5.70. The smallest absolute Gasteiger partial charge is 0.270 e. The van der Waals surface area contributed by atoms with Gasteiger partial charge in [0.05, 0.1) is 20.5 Å². The molecule has 174 valence electrons. The Labute approximate surface area is 196 Å². The lowest BCUT2D eigenvalue weighted by Gasteiger charge is -2.36. The zero-order valence-corrected chi connectivity index (χ0v) is 19.1. The molecule has 3 heterocycles. The normalized spacial score (nSPS) is 17.1. The van der Waals surface area contributed by atoms with E-state index in [9.17, 15) is 4.79 Å². The molecule has 1 saturated carbocycles. The summed E-state index contributed by atoms with van der Waals surface area (Å²) in [5, 5.41) is 6.35. The van der Waals surface area contributed by atoms with Crippen molar-refractivity contribution in [1.82, 2.24) is 29.8 Å². The van der Waals surface area contributed by atoms with E-state index in [0.29, 0.717) is 28.5 Å². The maximum Gasteiger partial charge on any atom is 0.270 e. The lowest BCUT2D eigenvalue weighted by atomic mass is 9.86. The minimum atomic E-state index is -0.147. The van der Waals surface area contributed by atoms with Gasteiger partial charge in [-0.25, -0.2) is 19.9 Å². The number of aryl methyl sites for hydroxylation is 1. The third-order valence-corrected chi connectivity index (χ3v) is 5.97. The zero-order valence-electron chi connectivity index (χ0n) is 19.1. The molecule has 0 unspecified atom stereocenters. The van der Waals surface area contributed by atoms with Crippen LogP contribution in [0.15, 0.2) is 49.1 Å². The van der Waals surface area contributed by atoms with E-state index in [1.807, 2.05) is 41.8 Å². The summed E-state index contributed by atoms with van der Waals surface area (Å²) in [4.78, 5) is 30.2. The largest absolute Gasteiger partial charge is 0.493 e. The van der Waals surface area contributed by atoms with Crippen molar-refractivity contribution in [2.24, 2.45) is 0 Å². The van der Waals surface area contributed by atoms with E-state index in [4.69, 9.17) is 9.47 Å². The molecule has 0 aliphatic heterocycles. The number of fused-ring (bicyclic) bond motifs is 1. The summed E-state index contributed by atoms with van der Waals surface area (Å²) in [5.41, 5.74) is 3.47. The molecule has 2 N–H and O–H groups in total. The van der Waals surface area contributed by atoms with Crippen LogP contribution in [0.2, 0.25) is 0 Å². The molecule has 10 heteroatoms. The monoisotopic (exact) mass is 459 g/mol. The summed E-state index contributed by atoms with van der Waals surface area (Å²) in [6.45, 7) is 1.87. The van der Waals surface area contributed by atoms with Crippen LogP contribution in [0.25, 0.3) is 11.2 Å². The van der Waals surface area contributed by atoms with Gasteiger partial charge < -0.3 is 24.7 Å². The molecule has 1 fully saturated rings. The molecule has 0 radical (unpaired) electrons. The number of ether oxygens (including phenoxy) is 2. The van der Waals surface area contributed by atoms with Gasteiger partial charge in [0.1, 0.15) is 12.0 Å². The summed E-state index contributed by atoms with van der Waals surface area (Å²) in [5.74, 6) is 1.72. The molecule has 1 aromatic carbocycles. The fourth-order valence-electron chi connectivity index (χ4n) is 4.12. The maximum atomic E-state index is 12.5. The summed E-state index contributed by atoms with van der Waals surface area (Å²) >= 11 is 0. The first kappa shape index (κ1) is 21.6. The first-order valence-corrected chi connectivity index (χ1v) is 11.0. The Bertz CT molecular complexity index is 1350. The highest BCUT2D eigenvalue weighted by Gasteiger charge is 2.33. The fourth-order valence-corrected chi connectivity index (χ4v) is 4.12. The summed E-state index contributed by atoms with van der Waals surface area (Å²) in [7, 11) is 3.19. The number of aromatic nitrogens is 5. The third-order valence-electron chi connectivity index (χ3n) is 5.97. The van der Waals surface area contributed by atoms with Gasteiger partial charge in [0.15, 0.2) is 28.5 Å². The van der Waals surface area contributed by atoms with Crippen LogP contribution in [0.4, 0.5) is 11.5 Å². The van der Waals surface area contributed by atoms with E-state index in [1.54, 1.807) is 26.6 Å². The zero-order chi connectivity index (χ0) is 23.7. The number of anilines is 2. The number of pyridine rings is 1. The molecule has 3 aromatic heterocycles. The predicted octanol–water partition coefficient (Wildman–Crippen LogP) is 3.42. The number of nitrogens with one attached hydrogen (secondary N) is 2. The van der Waals surface area contributed by atoms with Gasteiger partial charge in [0.25, 0.3) is 5.91 Å². The van der Waals surface area contributed by atoms with Crippen LogP contribution in [0.1, 0.15) is 35.1 Å². The van der Waals surface area contributed by atoms with Gasteiger partial charge >= 0.3 is 0 Å². The molecular weight excluding hydrogens is 434 g/mol. The minimum absolute atomic E-state index is 0.0865. The van der Waals surface area contributed by atoms with Gasteiger partial charge in [0, 0.05) is 29.5 Å². The summed E-state index contributed by atoms with van der Waals surface area (Å²) in [6.07, 6.45) is 4.89. The molecular formula is C24H25N7O3. The molecule has 4 aromatic rings. The van der Waals surface area contributed by atoms with Gasteiger partial charge in [-0.15, -0.1) is 0 Å². The van der Waals surface area contributed by atoms with E-state index >= 15 is 0 Å². The number of carbonyl (C=O) groups is 1. The van der Waals surface area contributed by atoms with Crippen LogP contribution in [-0.2, 0) is 0 Å². The molecule has 1 aliphatic rings. The molecule has 5 rings (SSSR count). The molecule has 10 nitrogen and oxygen atoms in total. The van der Waals surface area contributed by atoms with Crippen molar-refractivity contribution in [3.05, 3.63) is 60.4 Å². The number of carbonyl (C=O) groups excluding carboxylic acids is 1. The molecule has 0 saturated heterocycles. The van der Waals surface area contributed by atoms with E-state index in [-0.39, 0.29) is 18.0 Å². The number of nitrogens with zero attached hydrogens (tertiary/aromatic N) is 5. The third kappa shape index (κ3) is 4.09. The lowest BCUT2D eigenvalue weighted by Crippen LogP contribution is -2.45. The molecule has 0 spiro atoms. The van der Waals surface area contributed by atoms with Crippen molar-refractivity contribution >= 4 is 28.6 Å². The van der Waals surface area contributed by atoms with Crippen LogP contribution >= 0.6 is 0 Å². The van der Waals surface area contributed by atoms with Crippen LogP contribution in [0.5, 0.6) is 11.5 Å². The van der Waals surface area contributed by atoms with E-state index in [1.165, 1.54) is 6.33 Å². The van der Waals surface area contributed by atoms with E-state index in [2.05, 4.69) is 30.6 Å². The van der Waals surface area contributed by atoms with Crippen molar-refractivity contribution in [3.8, 4) is 11.5 Å². The quantitative estimate of drug-likeness (QED) is 0.432. The number of benzene rings is 1. The Morgan fingerprint density at radius 3 is 2.65 bits per heavy atom. The first-order chi connectivity index (χ1) is 16.6. The fraction of sp³-hybridized carbons (Fsp3) is 0.292. The number of rotatable bonds is 7. The Morgan fingerprint density at radius 2 is 1.88 bits per heavy atom. The lowest BCUT2D eigenvalue weighted by molar-refractivity contribution is 0.0889. The van der Waals surface area contributed by atoms with Gasteiger partial charge in [-0.2, -0.15) is 0 Å². The van der Waals surface area contributed by atoms with Crippen LogP contribution < -0.4 is 20.1 Å². The second-order valence-corrected chi connectivity index (χ2v) is 8.20. The SMILES string of the molecule is COc1ccc(Nc2ncnc3c2ncn3C2CC(NC(=O)c3cccc(C)n3)C2)cc1OC. The number of imidazole rings is 1. The average Bonchev–Trinajstić information content (AvgIpc) is 3.25. The summed E-state index contributed by atoms with van der Waals surface area (Å²) < 4.78 is 12.7. The standard InChI is InChI=1S/C24H25N7O3/c1-14-5-4-6-18(28-14)24(32)30-16-9-17(10-16)31-13-27-21-22(25-12-26-23(21)31)29-15-7-8-19(33-2)20(11-15)34-3/h4-8,11-13,16-17H,9-10H2,1-3H3,(H,30,32)(H,25,26,29). The van der Waals surface area contributed by atoms with Crippen molar-refractivity contribution in [2.75, 3.05) is 19.5 Å². The maximum absolute atomic E-state index is 12.5. The minimum Gasteiger partial charge on any atom is -0.493 e. The molecule has 1 amide bonds. The number of amides is 1. The second-order valence-electron chi connectivity index (χ2n) is 8.20. The average molecular weight is 460 g/mol. The number of hydrogen-bond donors (Lipinski definition) is 2. The highest BCUT2D eigenvalue weighted by molar-refractivity contribution is 5.92. The Balaban J connectivity index is 1.28. The second kappa shape index (κ2) is 8.97. The molecule has 34 heavy (non-hydrogen) atoms. The topological polar surface area (TPSA) is 116 Å². The molecule has 1 aliphatic carbocycles. The van der Waals surface area contributed by atoms with Gasteiger partial charge in [0.2, 0.25) is 0 Å². The van der Waals surface area contributed by atoms with Gasteiger partial charge in [-0.05, 0) is 44.0 Å². The van der Waals surface area contributed by atoms with E-state index < -0.39 is 0 Å². The van der Waals surface area contributed by atoms with E-state index in [0.717, 1.165) is 29.9 Å². The van der Waals surface area contributed by atoms with Gasteiger partial charge in [-0.1, -0.05) is 6.07 Å². The first-order valence-electron chi connectivity index (χ1n) is 11.0. The van der Waals surface area contributed by atoms with Gasteiger partial charge in [-0.3, -0.25) is 4.79 Å². The Morgan fingerprint density at radius 1 is 1.06 bits per heavy atom. The highest BCUT2D eigenvalue weighted by atomic mass is 16.5. The highest BCUT2D eigenvalue weighted by Crippen LogP contribution is 2.36. The number of hydrogen-bond acceptors (Lipinski definition) is 8. The van der Waals surface area contributed by atoms with Crippen molar-refractivity contribution < 1.29 is 14.3 Å². The molecule has 0 atom stereocenters. The van der Waals surface area contributed by atoms with Crippen molar-refractivity contribution in [3.63, 3.8) is 0 Å².